The molecule has 0 spiro atoms. The first-order valence-electron chi connectivity index (χ1n) is 6.11. The van der Waals surface area contributed by atoms with Gasteiger partial charge in [-0.25, -0.2) is 9.78 Å². The van der Waals surface area contributed by atoms with E-state index in [0.717, 1.165) is 12.0 Å². The lowest BCUT2D eigenvalue weighted by Gasteiger charge is -2.03. The van der Waals surface area contributed by atoms with E-state index in [4.69, 9.17) is 5.11 Å². The van der Waals surface area contributed by atoms with Crippen molar-refractivity contribution in [1.82, 2.24) is 4.98 Å². The van der Waals surface area contributed by atoms with Gasteiger partial charge in [0.2, 0.25) is 0 Å². The summed E-state index contributed by atoms with van der Waals surface area (Å²) in [4.78, 5) is 28.7. The number of hydrogen-bond acceptors (Lipinski definition) is 4. The summed E-state index contributed by atoms with van der Waals surface area (Å²) in [6.45, 7) is 4.01. The number of aromatic nitrogens is 1. The van der Waals surface area contributed by atoms with Gasteiger partial charge in [0.05, 0.1) is 10.4 Å². The van der Waals surface area contributed by atoms with Crippen molar-refractivity contribution in [2.75, 3.05) is 5.32 Å². The van der Waals surface area contributed by atoms with Crippen LogP contribution in [0.25, 0.3) is 0 Å². The van der Waals surface area contributed by atoms with E-state index in [-0.39, 0.29) is 17.3 Å². The molecule has 104 valence electrons. The molecule has 0 aliphatic rings. The molecule has 0 fully saturated rings. The van der Waals surface area contributed by atoms with Gasteiger partial charge in [-0.05, 0) is 37.1 Å². The van der Waals surface area contributed by atoms with Gasteiger partial charge in [-0.15, -0.1) is 11.3 Å². The van der Waals surface area contributed by atoms with E-state index in [0.29, 0.717) is 4.88 Å². The van der Waals surface area contributed by atoms with Crippen LogP contribution in [-0.2, 0) is 6.42 Å². The second kappa shape index (κ2) is 5.83. The SMILES string of the molecule is CCc1sc(C(=O)Nc2cc(C(=O)O)ccn2)cc1C. The number of aromatic carboxylic acids is 1. The fourth-order valence-corrected chi connectivity index (χ4v) is 2.80. The maximum atomic E-state index is 12.1. The number of thiophene rings is 1. The summed E-state index contributed by atoms with van der Waals surface area (Å²) in [5.74, 6) is -1.09. The molecular weight excluding hydrogens is 276 g/mol. The molecule has 0 saturated heterocycles. The van der Waals surface area contributed by atoms with E-state index < -0.39 is 5.97 Å². The minimum absolute atomic E-state index is 0.0897. The lowest BCUT2D eigenvalue weighted by molar-refractivity contribution is 0.0696. The van der Waals surface area contributed by atoms with Crippen molar-refractivity contribution in [3.63, 3.8) is 0 Å². The second-order valence-electron chi connectivity index (χ2n) is 4.26. The number of pyridine rings is 1. The molecule has 2 heterocycles. The van der Waals surface area contributed by atoms with E-state index in [1.165, 1.54) is 34.5 Å². The number of nitrogens with zero attached hydrogens (tertiary/aromatic N) is 1. The van der Waals surface area contributed by atoms with Crippen molar-refractivity contribution in [2.24, 2.45) is 0 Å². The quantitative estimate of drug-likeness (QED) is 0.907. The monoisotopic (exact) mass is 290 g/mol. The van der Waals surface area contributed by atoms with Gasteiger partial charge in [0.1, 0.15) is 5.82 Å². The Morgan fingerprint density at radius 3 is 2.75 bits per heavy atom. The predicted octanol–water partition coefficient (Wildman–Crippen LogP) is 2.96. The third kappa shape index (κ3) is 3.03. The van der Waals surface area contributed by atoms with Crippen molar-refractivity contribution in [3.05, 3.63) is 45.3 Å². The summed E-state index contributed by atoms with van der Waals surface area (Å²) in [6, 6.07) is 4.55. The highest BCUT2D eigenvalue weighted by atomic mass is 32.1. The smallest absolute Gasteiger partial charge is 0.335 e. The summed E-state index contributed by atoms with van der Waals surface area (Å²) in [7, 11) is 0. The highest BCUT2D eigenvalue weighted by Crippen LogP contribution is 2.23. The number of carboxylic acids is 1. The molecule has 0 radical (unpaired) electrons. The number of carbonyl (C=O) groups is 2. The van der Waals surface area contributed by atoms with E-state index in [1.807, 2.05) is 19.9 Å². The molecule has 2 rings (SSSR count). The van der Waals surface area contributed by atoms with Crippen LogP contribution in [0.5, 0.6) is 0 Å². The van der Waals surface area contributed by atoms with Crippen LogP contribution in [0.3, 0.4) is 0 Å². The first kappa shape index (κ1) is 14.2. The molecule has 0 atom stereocenters. The number of aryl methyl sites for hydroxylation is 2. The van der Waals surface area contributed by atoms with Crippen LogP contribution in [0.15, 0.2) is 24.4 Å². The molecular formula is C14H14N2O3S. The molecule has 20 heavy (non-hydrogen) atoms. The van der Waals surface area contributed by atoms with Gasteiger partial charge in [0.15, 0.2) is 0 Å². The maximum absolute atomic E-state index is 12.1. The number of rotatable bonds is 4. The van der Waals surface area contributed by atoms with Crippen LogP contribution in [0.1, 0.15) is 37.4 Å². The highest BCUT2D eigenvalue weighted by Gasteiger charge is 2.13. The molecule has 0 bridgehead atoms. The number of hydrogen-bond donors (Lipinski definition) is 2. The highest BCUT2D eigenvalue weighted by molar-refractivity contribution is 7.14. The molecule has 1 amide bonds. The Hall–Kier alpha value is -2.21. The average molecular weight is 290 g/mol. The molecule has 0 unspecified atom stereocenters. The van der Waals surface area contributed by atoms with Gasteiger partial charge in [-0.1, -0.05) is 6.92 Å². The van der Waals surface area contributed by atoms with Crippen LogP contribution >= 0.6 is 11.3 Å². The molecule has 0 saturated carbocycles. The van der Waals surface area contributed by atoms with Crippen LogP contribution in [0.2, 0.25) is 0 Å². The summed E-state index contributed by atoms with van der Waals surface area (Å²) < 4.78 is 0. The van der Waals surface area contributed by atoms with Gasteiger partial charge >= 0.3 is 5.97 Å². The van der Waals surface area contributed by atoms with Crippen LogP contribution < -0.4 is 5.32 Å². The van der Waals surface area contributed by atoms with Gasteiger partial charge in [-0.3, -0.25) is 4.79 Å². The number of amides is 1. The third-order valence-electron chi connectivity index (χ3n) is 2.81. The van der Waals surface area contributed by atoms with Gasteiger partial charge < -0.3 is 10.4 Å². The zero-order chi connectivity index (χ0) is 14.7. The zero-order valence-electron chi connectivity index (χ0n) is 11.1. The molecule has 2 N–H and O–H groups in total. The van der Waals surface area contributed by atoms with E-state index in [9.17, 15) is 9.59 Å². The van der Waals surface area contributed by atoms with Crippen molar-refractivity contribution < 1.29 is 14.7 Å². The Morgan fingerprint density at radius 2 is 2.15 bits per heavy atom. The molecule has 0 aromatic carbocycles. The summed E-state index contributed by atoms with van der Waals surface area (Å²) in [6.07, 6.45) is 2.24. The van der Waals surface area contributed by atoms with Crippen molar-refractivity contribution in [3.8, 4) is 0 Å². The van der Waals surface area contributed by atoms with Crippen molar-refractivity contribution >= 4 is 29.0 Å². The second-order valence-corrected chi connectivity index (χ2v) is 5.40. The fraction of sp³-hybridized carbons (Fsp3) is 0.214. The standard InChI is InChI=1S/C14H14N2O3S/c1-3-10-8(2)6-11(20-10)13(17)16-12-7-9(14(18)19)4-5-15-12/h4-7H,3H2,1-2H3,(H,18,19)(H,15,16,17). The Labute approximate surface area is 120 Å². The van der Waals surface area contributed by atoms with Crippen LogP contribution in [0.4, 0.5) is 5.82 Å². The summed E-state index contributed by atoms with van der Waals surface area (Å²) in [5.41, 5.74) is 1.18. The summed E-state index contributed by atoms with van der Waals surface area (Å²) >= 11 is 1.44. The first-order chi connectivity index (χ1) is 9.51. The molecule has 2 aromatic rings. The largest absolute Gasteiger partial charge is 0.478 e. The lowest BCUT2D eigenvalue weighted by Crippen LogP contribution is -2.12. The minimum Gasteiger partial charge on any atom is -0.478 e. The van der Waals surface area contributed by atoms with Gasteiger partial charge in [-0.2, -0.15) is 0 Å². The van der Waals surface area contributed by atoms with Gasteiger partial charge in [0, 0.05) is 11.1 Å². The molecule has 0 aliphatic carbocycles. The Balaban J connectivity index is 2.18. The topological polar surface area (TPSA) is 79.3 Å². The van der Waals surface area contributed by atoms with Crippen molar-refractivity contribution in [2.45, 2.75) is 20.3 Å². The number of carboxylic acid groups (broad SMARTS) is 1. The minimum atomic E-state index is -1.05. The number of carbonyl (C=O) groups excluding carboxylic acids is 1. The Bertz CT molecular complexity index is 664. The first-order valence-corrected chi connectivity index (χ1v) is 6.93. The molecule has 0 aliphatic heterocycles. The Morgan fingerprint density at radius 1 is 1.40 bits per heavy atom. The fourth-order valence-electron chi connectivity index (χ4n) is 1.79. The van der Waals surface area contributed by atoms with E-state index in [2.05, 4.69) is 10.3 Å². The zero-order valence-corrected chi connectivity index (χ0v) is 12.0. The Kier molecular flexibility index (Phi) is 4.14. The predicted molar refractivity (Wildman–Crippen MR) is 77.6 cm³/mol. The maximum Gasteiger partial charge on any atom is 0.335 e. The average Bonchev–Trinajstić information content (AvgIpc) is 2.80. The van der Waals surface area contributed by atoms with Crippen molar-refractivity contribution in [1.29, 1.82) is 0 Å². The molecule has 5 nitrogen and oxygen atoms in total. The van der Waals surface area contributed by atoms with E-state index >= 15 is 0 Å². The van der Waals surface area contributed by atoms with Crippen LogP contribution in [0, 0.1) is 6.92 Å². The third-order valence-corrected chi connectivity index (χ3v) is 4.19. The van der Waals surface area contributed by atoms with Gasteiger partial charge in [0.25, 0.3) is 5.91 Å². The lowest BCUT2D eigenvalue weighted by atomic mass is 10.2. The molecule has 2 aromatic heterocycles. The van der Waals surface area contributed by atoms with Crippen LogP contribution in [-0.4, -0.2) is 22.0 Å². The normalized spacial score (nSPS) is 10.3. The van der Waals surface area contributed by atoms with E-state index in [1.54, 1.807) is 0 Å². The summed E-state index contributed by atoms with van der Waals surface area (Å²) in [5, 5.41) is 11.5. The number of nitrogens with one attached hydrogen (secondary N) is 1. The number of anilines is 1. The molecule has 6 heteroatoms.